The van der Waals surface area contributed by atoms with Gasteiger partial charge in [-0.2, -0.15) is 0 Å². The van der Waals surface area contributed by atoms with Crippen LogP contribution in [0.1, 0.15) is 0 Å². The van der Waals surface area contributed by atoms with Gasteiger partial charge in [-0.3, -0.25) is 9.52 Å². The monoisotopic (exact) mass is 318 g/mol. The zero-order valence-electron chi connectivity index (χ0n) is 9.35. The Morgan fingerprint density at radius 2 is 1.84 bits per heavy atom. The van der Waals surface area contributed by atoms with Gasteiger partial charge in [-0.25, -0.2) is 8.42 Å². The molecular weight excluding hydrogens is 311 g/mol. The third-order valence-electron chi connectivity index (χ3n) is 2.26. The maximum Gasteiger partial charge on any atom is 0.272 e. The molecule has 0 aliphatic rings. The Hall–Kier alpha value is -1.50. The van der Waals surface area contributed by atoms with Crippen molar-refractivity contribution >= 4 is 38.9 Å². The van der Waals surface area contributed by atoms with E-state index in [1.807, 2.05) is 0 Å². The normalized spacial score (nSPS) is 11.3. The van der Waals surface area contributed by atoms with Crippen LogP contribution in [-0.2, 0) is 10.0 Å². The molecule has 0 saturated heterocycles. The molecular formula is C11H8Cl2N2O3S. The summed E-state index contributed by atoms with van der Waals surface area (Å²) in [6, 6.07) is 6.74. The summed E-state index contributed by atoms with van der Waals surface area (Å²) in [6.07, 6.45) is 1.40. The van der Waals surface area contributed by atoms with Crippen molar-refractivity contribution in [3.63, 3.8) is 0 Å². The Morgan fingerprint density at radius 1 is 1.11 bits per heavy atom. The number of aromatic amines is 1. The second-order valence-corrected chi connectivity index (χ2v) is 6.09. The first-order valence-electron chi connectivity index (χ1n) is 5.06. The van der Waals surface area contributed by atoms with Crippen LogP contribution in [0, 0.1) is 0 Å². The number of aromatic nitrogens is 1. The molecule has 0 fully saturated rings. The van der Waals surface area contributed by atoms with Gasteiger partial charge in [-0.15, -0.1) is 0 Å². The van der Waals surface area contributed by atoms with Crippen LogP contribution in [-0.4, -0.2) is 13.4 Å². The SMILES string of the molecule is O=c1[nH]cccc1NS(=O)(=O)c1ccc(Cl)c(Cl)c1. The number of hydrogen-bond donors (Lipinski definition) is 2. The van der Waals surface area contributed by atoms with E-state index in [1.54, 1.807) is 0 Å². The van der Waals surface area contributed by atoms with Crippen molar-refractivity contribution in [2.45, 2.75) is 4.90 Å². The van der Waals surface area contributed by atoms with E-state index >= 15 is 0 Å². The molecule has 0 spiro atoms. The molecule has 1 aromatic carbocycles. The number of anilines is 1. The average Bonchev–Trinajstić information content (AvgIpc) is 2.35. The zero-order valence-corrected chi connectivity index (χ0v) is 11.7. The van der Waals surface area contributed by atoms with E-state index in [9.17, 15) is 13.2 Å². The van der Waals surface area contributed by atoms with Gasteiger partial charge in [0.15, 0.2) is 0 Å². The number of H-pyrrole nitrogens is 1. The maximum absolute atomic E-state index is 12.1. The molecule has 0 radical (unpaired) electrons. The summed E-state index contributed by atoms with van der Waals surface area (Å²) in [7, 11) is -3.89. The van der Waals surface area contributed by atoms with Gasteiger partial charge in [-0.1, -0.05) is 23.2 Å². The van der Waals surface area contributed by atoms with Crippen LogP contribution in [0.15, 0.2) is 46.2 Å². The molecule has 0 aliphatic heterocycles. The highest BCUT2D eigenvalue weighted by Crippen LogP contribution is 2.25. The van der Waals surface area contributed by atoms with Gasteiger partial charge < -0.3 is 4.98 Å². The van der Waals surface area contributed by atoms with Gasteiger partial charge in [0.25, 0.3) is 15.6 Å². The van der Waals surface area contributed by atoms with Gasteiger partial charge in [0.2, 0.25) is 0 Å². The Balaban J connectivity index is 2.41. The summed E-state index contributed by atoms with van der Waals surface area (Å²) in [4.78, 5) is 13.7. The minimum Gasteiger partial charge on any atom is -0.327 e. The number of pyridine rings is 1. The first-order chi connectivity index (χ1) is 8.90. The molecule has 0 atom stereocenters. The first-order valence-corrected chi connectivity index (χ1v) is 7.29. The Labute approximate surface area is 119 Å². The first kappa shape index (κ1) is 13.9. The molecule has 1 aromatic heterocycles. The average molecular weight is 319 g/mol. The predicted molar refractivity (Wildman–Crippen MR) is 74.3 cm³/mol. The minimum absolute atomic E-state index is 0.0754. The lowest BCUT2D eigenvalue weighted by Gasteiger charge is -2.07. The molecule has 1 heterocycles. The van der Waals surface area contributed by atoms with E-state index in [0.717, 1.165) is 0 Å². The van der Waals surface area contributed by atoms with Crippen molar-refractivity contribution in [2.75, 3.05) is 4.72 Å². The maximum atomic E-state index is 12.1. The zero-order chi connectivity index (χ0) is 14.0. The van der Waals surface area contributed by atoms with Crippen LogP contribution in [0.25, 0.3) is 0 Å². The number of rotatable bonds is 3. The number of nitrogens with one attached hydrogen (secondary N) is 2. The van der Waals surface area contributed by atoms with E-state index in [2.05, 4.69) is 9.71 Å². The van der Waals surface area contributed by atoms with Crippen LogP contribution in [0.3, 0.4) is 0 Å². The largest absolute Gasteiger partial charge is 0.327 e. The third kappa shape index (κ3) is 3.09. The van der Waals surface area contributed by atoms with Gasteiger partial charge in [0.1, 0.15) is 5.69 Å². The van der Waals surface area contributed by atoms with Crippen molar-refractivity contribution in [1.29, 1.82) is 0 Å². The highest BCUT2D eigenvalue weighted by Gasteiger charge is 2.16. The molecule has 5 nitrogen and oxygen atoms in total. The summed E-state index contributed by atoms with van der Waals surface area (Å²) in [5.41, 5.74) is -0.611. The van der Waals surface area contributed by atoms with E-state index in [4.69, 9.17) is 23.2 Å². The molecule has 2 aromatic rings. The lowest BCUT2D eigenvalue weighted by atomic mass is 10.4. The van der Waals surface area contributed by atoms with Gasteiger partial charge in [0.05, 0.1) is 14.9 Å². The summed E-state index contributed by atoms with van der Waals surface area (Å²) in [5.74, 6) is 0. The summed E-state index contributed by atoms with van der Waals surface area (Å²) >= 11 is 11.5. The van der Waals surface area contributed by atoms with Crippen LogP contribution < -0.4 is 10.3 Å². The van der Waals surface area contributed by atoms with Crippen molar-refractivity contribution < 1.29 is 8.42 Å². The van der Waals surface area contributed by atoms with Crippen LogP contribution >= 0.6 is 23.2 Å². The van der Waals surface area contributed by atoms with Gasteiger partial charge in [-0.05, 0) is 30.3 Å². The van der Waals surface area contributed by atoms with E-state index in [0.29, 0.717) is 0 Å². The minimum atomic E-state index is -3.89. The molecule has 0 saturated carbocycles. The van der Waals surface area contributed by atoms with Gasteiger partial charge >= 0.3 is 0 Å². The molecule has 0 bridgehead atoms. The van der Waals surface area contributed by atoms with E-state index in [-0.39, 0.29) is 20.6 Å². The summed E-state index contributed by atoms with van der Waals surface area (Å²) in [6.45, 7) is 0. The number of halogens is 2. The summed E-state index contributed by atoms with van der Waals surface area (Å²) in [5, 5.41) is 0.365. The highest BCUT2D eigenvalue weighted by molar-refractivity contribution is 7.92. The Bertz CT molecular complexity index is 772. The predicted octanol–water partition coefficient (Wildman–Crippen LogP) is 2.48. The molecule has 0 aliphatic carbocycles. The molecule has 2 N–H and O–H groups in total. The number of sulfonamides is 1. The molecule has 19 heavy (non-hydrogen) atoms. The van der Waals surface area contributed by atoms with Crippen molar-refractivity contribution in [3.05, 3.63) is 56.9 Å². The van der Waals surface area contributed by atoms with Crippen LogP contribution in [0.2, 0.25) is 10.0 Å². The molecule has 100 valence electrons. The van der Waals surface area contributed by atoms with Crippen LogP contribution in [0.5, 0.6) is 0 Å². The van der Waals surface area contributed by atoms with Crippen molar-refractivity contribution in [1.82, 2.24) is 4.98 Å². The number of hydrogen-bond acceptors (Lipinski definition) is 3. The second-order valence-electron chi connectivity index (χ2n) is 3.59. The van der Waals surface area contributed by atoms with Crippen molar-refractivity contribution in [3.8, 4) is 0 Å². The fourth-order valence-electron chi connectivity index (χ4n) is 1.35. The van der Waals surface area contributed by atoms with E-state index < -0.39 is 15.6 Å². The quantitative estimate of drug-likeness (QED) is 0.912. The molecule has 2 rings (SSSR count). The van der Waals surface area contributed by atoms with Crippen LogP contribution in [0.4, 0.5) is 5.69 Å². The fraction of sp³-hybridized carbons (Fsp3) is 0. The van der Waals surface area contributed by atoms with E-state index in [1.165, 1.54) is 36.5 Å². The standard InChI is InChI=1S/C11H8Cl2N2O3S/c12-8-4-3-7(6-9(8)13)19(17,18)15-10-2-1-5-14-11(10)16/h1-6,15H,(H,14,16). The third-order valence-corrected chi connectivity index (χ3v) is 4.37. The Kier molecular flexibility index (Phi) is 3.84. The number of benzene rings is 1. The molecule has 8 heteroatoms. The lowest BCUT2D eigenvalue weighted by Crippen LogP contribution is -2.19. The lowest BCUT2D eigenvalue weighted by molar-refractivity contribution is 0.601. The second kappa shape index (κ2) is 5.24. The topological polar surface area (TPSA) is 79.0 Å². The van der Waals surface area contributed by atoms with Crippen molar-refractivity contribution in [2.24, 2.45) is 0 Å². The molecule has 0 unspecified atom stereocenters. The fourth-order valence-corrected chi connectivity index (χ4v) is 2.80. The highest BCUT2D eigenvalue weighted by atomic mass is 35.5. The molecule has 0 amide bonds. The Morgan fingerprint density at radius 3 is 2.47 bits per heavy atom. The van der Waals surface area contributed by atoms with Gasteiger partial charge in [0, 0.05) is 6.20 Å². The smallest absolute Gasteiger partial charge is 0.272 e. The summed E-state index contributed by atoms with van der Waals surface area (Å²) < 4.78 is 26.3.